The van der Waals surface area contributed by atoms with Crippen LogP contribution >= 0.6 is 23.2 Å². The molecule has 4 nitrogen and oxygen atoms in total. The van der Waals surface area contributed by atoms with Crippen LogP contribution in [0.2, 0.25) is 10.0 Å². The Kier molecular flexibility index (Phi) is 6.45. The first-order chi connectivity index (χ1) is 11.8. The van der Waals surface area contributed by atoms with E-state index in [0.29, 0.717) is 21.4 Å². The first kappa shape index (κ1) is 19.3. The Bertz CT molecular complexity index is 766. The van der Waals surface area contributed by atoms with E-state index in [4.69, 9.17) is 27.9 Å². The molecule has 0 atom stereocenters. The van der Waals surface area contributed by atoms with E-state index in [0.717, 1.165) is 0 Å². The minimum absolute atomic E-state index is 0.0756. The molecule has 0 radical (unpaired) electrons. The molecule has 132 valence electrons. The van der Waals surface area contributed by atoms with E-state index < -0.39 is 0 Å². The summed E-state index contributed by atoms with van der Waals surface area (Å²) < 4.78 is 5.45. The second-order valence-corrected chi connectivity index (χ2v) is 7.28. The summed E-state index contributed by atoms with van der Waals surface area (Å²) in [7, 11) is 0. The summed E-state index contributed by atoms with van der Waals surface area (Å²) in [5.74, 6) is 0.263. The monoisotopic (exact) mass is 378 g/mol. The SMILES string of the molecule is CC(C)(C)c1ccc(OCC(=O)NN=Cc2cccc(Cl)c2Cl)cc1. The summed E-state index contributed by atoms with van der Waals surface area (Å²) in [6, 6.07) is 12.9. The maximum Gasteiger partial charge on any atom is 0.277 e. The number of carbonyl (C=O) groups excluding carboxylic acids is 1. The maximum atomic E-state index is 11.8. The van der Waals surface area contributed by atoms with Crippen molar-refractivity contribution >= 4 is 35.3 Å². The van der Waals surface area contributed by atoms with Gasteiger partial charge in [-0.3, -0.25) is 4.79 Å². The molecule has 2 aromatic rings. The Morgan fingerprint density at radius 3 is 2.48 bits per heavy atom. The van der Waals surface area contributed by atoms with Gasteiger partial charge in [0.2, 0.25) is 0 Å². The van der Waals surface area contributed by atoms with Crippen LogP contribution < -0.4 is 10.2 Å². The van der Waals surface area contributed by atoms with Gasteiger partial charge in [0.15, 0.2) is 6.61 Å². The van der Waals surface area contributed by atoms with Crippen molar-refractivity contribution in [3.05, 3.63) is 63.6 Å². The van der Waals surface area contributed by atoms with E-state index in [1.54, 1.807) is 18.2 Å². The molecule has 25 heavy (non-hydrogen) atoms. The Labute approximate surface area is 157 Å². The molecular formula is C19H20Cl2N2O2. The fourth-order valence-electron chi connectivity index (χ4n) is 2.03. The summed E-state index contributed by atoms with van der Waals surface area (Å²) in [6.07, 6.45) is 1.43. The average molecular weight is 379 g/mol. The lowest BCUT2D eigenvalue weighted by Gasteiger charge is -2.19. The molecule has 1 amide bonds. The fraction of sp³-hybridized carbons (Fsp3) is 0.263. The van der Waals surface area contributed by atoms with Crippen LogP contribution in [-0.2, 0) is 10.2 Å². The van der Waals surface area contributed by atoms with Gasteiger partial charge in [-0.15, -0.1) is 0 Å². The summed E-state index contributed by atoms with van der Waals surface area (Å²) >= 11 is 11.9. The quantitative estimate of drug-likeness (QED) is 0.598. The smallest absolute Gasteiger partial charge is 0.277 e. The molecule has 2 aromatic carbocycles. The summed E-state index contributed by atoms with van der Waals surface area (Å²) in [5, 5.41) is 4.67. The van der Waals surface area contributed by atoms with Crippen LogP contribution in [0, 0.1) is 0 Å². The number of hydrogen-bond acceptors (Lipinski definition) is 3. The van der Waals surface area contributed by atoms with Gasteiger partial charge >= 0.3 is 0 Å². The number of halogens is 2. The van der Waals surface area contributed by atoms with Crippen LogP contribution in [0.4, 0.5) is 0 Å². The van der Waals surface area contributed by atoms with E-state index in [9.17, 15) is 4.79 Å². The van der Waals surface area contributed by atoms with E-state index in [1.807, 2.05) is 24.3 Å². The van der Waals surface area contributed by atoms with Gasteiger partial charge in [-0.25, -0.2) is 5.43 Å². The molecule has 0 unspecified atom stereocenters. The van der Waals surface area contributed by atoms with Crippen LogP contribution in [0.5, 0.6) is 5.75 Å². The molecule has 0 aliphatic heterocycles. The third-order valence-electron chi connectivity index (χ3n) is 3.46. The highest BCUT2D eigenvalue weighted by atomic mass is 35.5. The third kappa shape index (κ3) is 5.76. The van der Waals surface area contributed by atoms with E-state index in [1.165, 1.54) is 11.8 Å². The Morgan fingerprint density at radius 1 is 1.16 bits per heavy atom. The van der Waals surface area contributed by atoms with Gasteiger partial charge in [0.1, 0.15) is 5.75 Å². The number of amides is 1. The lowest BCUT2D eigenvalue weighted by atomic mass is 9.87. The second kappa shape index (κ2) is 8.37. The summed E-state index contributed by atoms with van der Waals surface area (Å²) in [5.41, 5.74) is 4.28. The van der Waals surface area contributed by atoms with Gasteiger partial charge in [-0.2, -0.15) is 5.10 Å². The van der Waals surface area contributed by atoms with Crippen LogP contribution in [0.3, 0.4) is 0 Å². The highest BCUT2D eigenvalue weighted by Gasteiger charge is 2.13. The van der Waals surface area contributed by atoms with Crippen molar-refractivity contribution < 1.29 is 9.53 Å². The standard InChI is InChI=1S/C19H20Cl2N2O2/c1-19(2,3)14-7-9-15(10-8-14)25-12-17(24)23-22-11-13-5-4-6-16(20)18(13)21/h4-11H,12H2,1-3H3,(H,23,24). The Hall–Kier alpha value is -2.04. The van der Waals surface area contributed by atoms with Crippen molar-refractivity contribution in [2.75, 3.05) is 6.61 Å². The molecule has 0 bridgehead atoms. The zero-order valence-corrected chi connectivity index (χ0v) is 15.9. The van der Waals surface area contributed by atoms with Gasteiger partial charge in [-0.05, 0) is 29.2 Å². The number of nitrogens with zero attached hydrogens (tertiary/aromatic N) is 1. The first-order valence-electron chi connectivity index (χ1n) is 7.76. The summed E-state index contributed by atoms with van der Waals surface area (Å²) in [4.78, 5) is 11.8. The average Bonchev–Trinajstić information content (AvgIpc) is 2.56. The third-order valence-corrected chi connectivity index (χ3v) is 4.30. The van der Waals surface area contributed by atoms with E-state index in [2.05, 4.69) is 31.3 Å². The molecule has 0 aromatic heterocycles. The number of ether oxygens (including phenoxy) is 1. The largest absolute Gasteiger partial charge is 0.484 e. The Balaban J connectivity index is 1.84. The van der Waals surface area contributed by atoms with Crippen LogP contribution in [0.25, 0.3) is 0 Å². The number of hydrazone groups is 1. The molecule has 0 heterocycles. The first-order valence-corrected chi connectivity index (χ1v) is 8.52. The van der Waals surface area contributed by atoms with Gasteiger partial charge in [0, 0.05) is 5.56 Å². The number of nitrogens with one attached hydrogen (secondary N) is 1. The predicted molar refractivity (Wildman–Crippen MR) is 103 cm³/mol. The van der Waals surface area contributed by atoms with Gasteiger partial charge in [-0.1, -0.05) is 68.2 Å². The highest BCUT2D eigenvalue weighted by molar-refractivity contribution is 6.43. The van der Waals surface area contributed by atoms with Crippen LogP contribution in [-0.4, -0.2) is 18.7 Å². The lowest BCUT2D eigenvalue weighted by Crippen LogP contribution is -2.24. The van der Waals surface area contributed by atoms with E-state index >= 15 is 0 Å². The molecule has 2 rings (SSSR count). The van der Waals surface area contributed by atoms with Crippen molar-refractivity contribution in [1.82, 2.24) is 5.43 Å². The fourth-order valence-corrected chi connectivity index (χ4v) is 2.38. The number of carbonyl (C=O) groups is 1. The maximum absolute atomic E-state index is 11.8. The molecule has 6 heteroatoms. The second-order valence-electron chi connectivity index (χ2n) is 6.50. The van der Waals surface area contributed by atoms with E-state index in [-0.39, 0.29) is 17.9 Å². The van der Waals surface area contributed by atoms with Crippen molar-refractivity contribution in [2.24, 2.45) is 5.10 Å². The van der Waals surface area contributed by atoms with Crippen molar-refractivity contribution in [1.29, 1.82) is 0 Å². The van der Waals surface area contributed by atoms with Crippen LogP contribution in [0.15, 0.2) is 47.6 Å². The molecule has 0 saturated heterocycles. The number of benzene rings is 2. The van der Waals surface area contributed by atoms with Gasteiger partial charge in [0.05, 0.1) is 16.3 Å². The molecule has 1 N–H and O–H groups in total. The van der Waals surface area contributed by atoms with Crippen molar-refractivity contribution in [2.45, 2.75) is 26.2 Å². The normalized spacial score (nSPS) is 11.6. The zero-order chi connectivity index (χ0) is 18.4. The highest BCUT2D eigenvalue weighted by Crippen LogP contribution is 2.25. The topological polar surface area (TPSA) is 50.7 Å². The molecule has 0 fully saturated rings. The minimum atomic E-state index is -0.366. The molecule has 0 saturated carbocycles. The Morgan fingerprint density at radius 2 is 1.84 bits per heavy atom. The minimum Gasteiger partial charge on any atom is -0.484 e. The van der Waals surface area contributed by atoms with Crippen LogP contribution in [0.1, 0.15) is 31.9 Å². The summed E-state index contributed by atoms with van der Waals surface area (Å²) in [6.45, 7) is 6.29. The van der Waals surface area contributed by atoms with Gasteiger partial charge in [0.25, 0.3) is 5.91 Å². The zero-order valence-electron chi connectivity index (χ0n) is 14.3. The number of hydrogen-bond donors (Lipinski definition) is 1. The predicted octanol–water partition coefficient (Wildman–Crippen LogP) is 4.82. The van der Waals surface area contributed by atoms with Gasteiger partial charge < -0.3 is 4.74 Å². The van der Waals surface area contributed by atoms with Crippen molar-refractivity contribution in [3.63, 3.8) is 0 Å². The van der Waals surface area contributed by atoms with Crippen molar-refractivity contribution in [3.8, 4) is 5.75 Å². The number of rotatable bonds is 5. The molecule has 0 aliphatic carbocycles. The molecular weight excluding hydrogens is 359 g/mol. The molecule has 0 aliphatic rings. The lowest BCUT2D eigenvalue weighted by molar-refractivity contribution is -0.123. The molecule has 0 spiro atoms.